The number of nitrogens with one attached hydrogen (secondary N) is 3. The van der Waals surface area contributed by atoms with Gasteiger partial charge in [-0.1, -0.05) is 49.6 Å². The molecule has 1 aromatic heterocycles. The molecule has 0 saturated heterocycles. The van der Waals surface area contributed by atoms with Gasteiger partial charge in [0.1, 0.15) is 5.69 Å². The minimum absolute atomic E-state index is 0.152. The van der Waals surface area contributed by atoms with Crippen LogP contribution >= 0.6 is 0 Å². The van der Waals surface area contributed by atoms with E-state index in [1.165, 1.54) is 19.3 Å². The quantitative estimate of drug-likeness (QED) is 0.807. The van der Waals surface area contributed by atoms with Gasteiger partial charge in [-0.2, -0.15) is 5.10 Å². The lowest BCUT2D eigenvalue weighted by Crippen LogP contribution is -2.39. The molecule has 0 radical (unpaired) electrons. The average Bonchev–Trinajstić information content (AvgIpc) is 2.97. The van der Waals surface area contributed by atoms with Gasteiger partial charge in [0.25, 0.3) is 0 Å². The summed E-state index contributed by atoms with van der Waals surface area (Å²) in [5, 5.41) is 13.0. The minimum atomic E-state index is -0.152. The van der Waals surface area contributed by atoms with E-state index >= 15 is 0 Å². The van der Waals surface area contributed by atoms with Gasteiger partial charge in [0.15, 0.2) is 0 Å². The minimum Gasteiger partial charge on any atom is -0.335 e. The van der Waals surface area contributed by atoms with Crippen molar-refractivity contribution in [1.82, 2.24) is 15.5 Å². The summed E-state index contributed by atoms with van der Waals surface area (Å²) in [7, 11) is 0. The number of benzene rings is 1. The summed E-state index contributed by atoms with van der Waals surface area (Å²) >= 11 is 0. The summed E-state index contributed by atoms with van der Waals surface area (Å²) in [5.74, 6) is 0. The third-order valence-corrected chi connectivity index (χ3v) is 3.88. The summed E-state index contributed by atoms with van der Waals surface area (Å²) in [6.45, 7) is 0. The number of nitrogens with zero attached hydrogens (tertiary/aromatic N) is 1. The van der Waals surface area contributed by atoms with Crippen molar-refractivity contribution in [3.8, 4) is 11.3 Å². The molecule has 3 N–H and O–H groups in total. The fourth-order valence-electron chi connectivity index (χ4n) is 2.79. The lowest BCUT2D eigenvalue weighted by molar-refractivity contribution is 0.244. The standard InChI is InChI=1S/C16H20N4O/c21-16(18-13-9-5-2-6-10-13)19-14-11-17-20-15(14)12-7-3-1-4-8-12/h1,3-4,7-8,11,13H,2,5-6,9-10H2,(H,17,20)(H2,18,19,21). The van der Waals surface area contributed by atoms with Crippen molar-refractivity contribution in [2.75, 3.05) is 5.32 Å². The van der Waals surface area contributed by atoms with Gasteiger partial charge in [0.2, 0.25) is 0 Å². The summed E-state index contributed by atoms with van der Waals surface area (Å²) < 4.78 is 0. The summed E-state index contributed by atoms with van der Waals surface area (Å²) in [5.41, 5.74) is 2.44. The van der Waals surface area contributed by atoms with E-state index in [2.05, 4.69) is 20.8 Å². The fraction of sp³-hybridized carbons (Fsp3) is 0.375. The maximum Gasteiger partial charge on any atom is 0.319 e. The second-order valence-electron chi connectivity index (χ2n) is 5.45. The zero-order valence-electron chi connectivity index (χ0n) is 11.9. The van der Waals surface area contributed by atoms with Crippen LogP contribution in [0.1, 0.15) is 32.1 Å². The Morgan fingerprint density at radius 2 is 1.90 bits per heavy atom. The molecular formula is C16H20N4O. The highest BCUT2D eigenvalue weighted by Gasteiger charge is 2.17. The van der Waals surface area contributed by atoms with E-state index in [0.717, 1.165) is 24.1 Å². The van der Waals surface area contributed by atoms with Gasteiger partial charge in [-0.3, -0.25) is 5.10 Å². The van der Waals surface area contributed by atoms with E-state index in [9.17, 15) is 4.79 Å². The largest absolute Gasteiger partial charge is 0.335 e. The molecule has 5 nitrogen and oxygen atoms in total. The zero-order chi connectivity index (χ0) is 14.5. The van der Waals surface area contributed by atoms with Crippen LogP contribution < -0.4 is 10.6 Å². The van der Waals surface area contributed by atoms with Crippen molar-refractivity contribution in [3.05, 3.63) is 36.5 Å². The second-order valence-corrected chi connectivity index (χ2v) is 5.45. The molecule has 1 aliphatic carbocycles. The van der Waals surface area contributed by atoms with Gasteiger partial charge in [-0.15, -0.1) is 0 Å². The van der Waals surface area contributed by atoms with Crippen LogP contribution in [-0.2, 0) is 0 Å². The normalized spacial score (nSPS) is 15.6. The SMILES string of the molecule is O=C(Nc1c[nH]nc1-c1ccccc1)NC1CCCCC1. The predicted octanol–water partition coefficient (Wildman–Crippen LogP) is 3.53. The lowest BCUT2D eigenvalue weighted by Gasteiger charge is -2.22. The molecule has 110 valence electrons. The van der Waals surface area contributed by atoms with Crippen LogP contribution in [0.5, 0.6) is 0 Å². The molecule has 0 atom stereocenters. The van der Waals surface area contributed by atoms with E-state index < -0.39 is 0 Å². The number of carbonyl (C=O) groups excluding carboxylic acids is 1. The van der Waals surface area contributed by atoms with Gasteiger partial charge in [-0.25, -0.2) is 4.79 Å². The summed E-state index contributed by atoms with van der Waals surface area (Å²) in [4.78, 5) is 12.1. The van der Waals surface area contributed by atoms with Crippen LogP contribution in [0.15, 0.2) is 36.5 Å². The predicted molar refractivity (Wildman–Crippen MR) is 83.1 cm³/mol. The third-order valence-electron chi connectivity index (χ3n) is 3.88. The first-order chi connectivity index (χ1) is 10.3. The number of aromatic amines is 1. The number of hydrogen-bond donors (Lipinski definition) is 3. The van der Waals surface area contributed by atoms with Crippen LogP contribution in [0, 0.1) is 0 Å². The highest BCUT2D eigenvalue weighted by atomic mass is 16.2. The molecule has 0 bridgehead atoms. The smallest absolute Gasteiger partial charge is 0.319 e. The third kappa shape index (κ3) is 3.42. The van der Waals surface area contributed by atoms with Gasteiger partial charge in [0, 0.05) is 17.8 Å². The van der Waals surface area contributed by atoms with Crippen LogP contribution in [0.2, 0.25) is 0 Å². The number of anilines is 1. The maximum atomic E-state index is 12.1. The number of amides is 2. The molecule has 0 aliphatic heterocycles. The highest BCUT2D eigenvalue weighted by Crippen LogP contribution is 2.25. The van der Waals surface area contributed by atoms with Gasteiger partial charge in [-0.05, 0) is 12.8 Å². The first-order valence-electron chi connectivity index (χ1n) is 7.49. The number of carbonyl (C=O) groups is 1. The van der Waals surface area contributed by atoms with Crippen molar-refractivity contribution in [3.63, 3.8) is 0 Å². The molecule has 5 heteroatoms. The highest BCUT2D eigenvalue weighted by molar-refractivity contribution is 5.93. The molecule has 2 amide bonds. The topological polar surface area (TPSA) is 69.8 Å². The van der Waals surface area contributed by atoms with Crippen LogP contribution in [0.25, 0.3) is 11.3 Å². The molecule has 21 heavy (non-hydrogen) atoms. The summed E-state index contributed by atoms with van der Waals surface area (Å²) in [6, 6.07) is 9.96. The first kappa shape index (κ1) is 13.7. The van der Waals surface area contributed by atoms with Crippen molar-refractivity contribution >= 4 is 11.7 Å². The van der Waals surface area contributed by atoms with E-state index in [-0.39, 0.29) is 6.03 Å². The lowest BCUT2D eigenvalue weighted by atomic mass is 9.96. The number of rotatable bonds is 3. The van der Waals surface area contributed by atoms with E-state index in [1.807, 2.05) is 30.3 Å². The zero-order valence-corrected chi connectivity index (χ0v) is 11.9. The number of aromatic nitrogens is 2. The molecule has 0 unspecified atom stereocenters. The molecule has 1 heterocycles. The maximum absolute atomic E-state index is 12.1. The van der Waals surface area contributed by atoms with Crippen LogP contribution in [-0.4, -0.2) is 22.3 Å². The number of urea groups is 1. The molecule has 3 rings (SSSR count). The molecule has 1 aliphatic rings. The fourth-order valence-corrected chi connectivity index (χ4v) is 2.79. The van der Waals surface area contributed by atoms with Gasteiger partial charge < -0.3 is 10.6 Å². The van der Waals surface area contributed by atoms with Gasteiger partial charge >= 0.3 is 6.03 Å². The summed E-state index contributed by atoms with van der Waals surface area (Å²) in [6.07, 6.45) is 7.54. The van der Waals surface area contributed by atoms with Crippen molar-refractivity contribution in [1.29, 1.82) is 0 Å². The number of hydrogen-bond acceptors (Lipinski definition) is 2. The first-order valence-corrected chi connectivity index (χ1v) is 7.49. The Kier molecular flexibility index (Phi) is 4.19. The molecule has 0 spiro atoms. The molecular weight excluding hydrogens is 264 g/mol. The van der Waals surface area contributed by atoms with E-state index in [4.69, 9.17) is 0 Å². The molecule has 1 fully saturated rings. The van der Waals surface area contributed by atoms with Crippen molar-refractivity contribution in [2.24, 2.45) is 0 Å². The van der Waals surface area contributed by atoms with Crippen LogP contribution in [0.3, 0.4) is 0 Å². The molecule has 1 aromatic carbocycles. The van der Waals surface area contributed by atoms with Crippen molar-refractivity contribution in [2.45, 2.75) is 38.1 Å². The molecule has 2 aromatic rings. The van der Waals surface area contributed by atoms with Crippen LogP contribution in [0.4, 0.5) is 10.5 Å². The monoisotopic (exact) mass is 284 g/mol. The van der Waals surface area contributed by atoms with Gasteiger partial charge in [0.05, 0.1) is 5.69 Å². The second kappa shape index (κ2) is 6.43. The molecule has 1 saturated carbocycles. The average molecular weight is 284 g/mol. The van der Waals surface area contributed by atoms with Crippen molar-refractivity contribution < 1.29 is 4.79 Å². The Morgan fingerprint density at radius 1 is 1.14 bits per heavy atom. The van der Waals surface area contributed by atoms with E-state index in [0.29, 0.717) is 11.7 Å². The Labute approximate surface area is 124 Å². The Hall–Kier alpha value is -2.30. The Morgan fingerprint density at radius 3 is 2.67 bits per heavy atom. The number of H-pyrrole nitrogens is 1. The Balaban J connectivity index is 1.65. The van der Waals surface area contributed by atoms with E-state index in [1.54, 1.807) is 6.20 Å². The Bertz CT molecular complexity index is 587.